The van der Waals surface area contributed by atoms with Crippen molar-refractivity contribution in [3.63, 3.8) is 0 Å². The van der Waals surface area contributed by atoms with Crippen LogP contribution >= 0.6 is 11.6 Å². The van der Waals surface area contributed by atoms with Crippen LogP contribution in [0.25, 0.3) is 0 Å². The molecule has 0 atom stereocenters. The second kappa shape index (κ2) is 6.10. The molecule has 1 aliphatic carbocycles. The minimum atomic E-state index is 0.423. The predicted octanol–water partition coefficient (Wildman–Crippen LogP) is 3.03. The van der Waals surface area contributed by atoms with E-state index in [1.165, 1.54) is 25.7 Å². The summed E-state index contributed by atoms with van der Waals surface area (Å²) in [5.74, 6) is 0.627. The Balaban J connectivity index is 1.96. The molecular weight excluding hydrogens is 246 g/mol. The first-order valence-electron chi connectivity index (χ1n) is 6.44. The van der Waals surface area contributed by atoms with Gasteiger partial charge in [0.2, 0.25) is 0 Å². The van der Waals surface area contributed by atoms with Gasteiger partial charge in [-0.1, -0.05) is 36.6 Å². The minimum absolute atomic E-state index is 0.423. The van der Waals surface area contributed by atoms with Crippen molar-refractivity contribution in [3.8, 4) is 0 Å². The number of aliphatic imine (C=N–C) groups is 1. The lowest BCUT2D eigenvalue weighted by Crippen LogP contribution is -2.34. The van der Waals surface area contributed by atoms with Crippen LogP contribution in [0.5, 0.6) is 0 Å². The molecule has 0 unspecified atom stereocenters. The Morgan fingerprint density at radius 2 is 2.17 bits per heavy atom. The molecule has 3 nitrogen and oxygen atoms in total. The number of benzene rings is 1. The molecule has 0 aliphatic heterocycles. The Hall–Kier alpha value is -1.22. The normalized spacial score (nSPS) is 17.1. The van der Waals surface area contributed by atoms with E-state index in [1.807, 2.05) is 36.2 Å². The van der Waals surface area contributed by atoms with Gasteiger partial charge in [0.25, 0.3) is 0 Å². The SMILES string of the molecule is CN(Cc1cccc(Cl)c1)C(N)=NC1CCCC1. The second-order valence-corrected chi connectivity index (χ2v) is 5.35. The van der Waals surface area contributed by atoms with Gasteiger partial charge < -0.3 is 10.6 Å². The van der Waals surface area contributed by atoms with Crippen LogP contribution in [0.3, 0.4) is 0 Å². The van der Waals surface area contributed by atoms with Gasteiger partial charge in [-0.2, -0.15) is 0 Å². The highest BCUT2D eigenvalue weighted by Crippen LogP contribution is 2.21. The maximum absolute atomic E-state index is 6.03. The quantitative estimate of drug-likeness (QED) is 0.674. The van der Waals surface area contributed by atoms with Crippen molar-refractivity contribution in [1.82, 2.24) is 4.90 Å². The van der Waals surface area contributed by atoms with Crippen molar-refractivity contribution in [2.75, 3.05) is 7.05 Å². The Morgan fingerprint density at radius 3 is 2.83 bits per heavy atom. The summed E-state index contributed by atoms with van der Waals surface area (Å²) >= 11 is 5.97. The largest absolute Gasteiger partial charge is 0.370 e. The van der Waals surface area contributed by atoms with E-state index in [-0.39, 0.29) is 0 Å². The molecular formula is C14H20ClN3. The fourth-order valence-corrected chi connectivity index (χ4v) is 2.52. The summed E-state index contributed by atoms with van der Waals surface area (Å²) < 4.78 is 0. The molecule has 1 aromatic rings. The van der Waals surface area contributed by atoms with E-state index in [9.17, 15) is 0 Å². The van der Waals surface area contributed by atoms with Crippen molar-refractivity contribution >= 4 is 17.6 Å². The molecule has 1 fully saturated rings. The number of hydrogen-bond donors (Lipinski definition) is 1. The summed E-state index contributed by atoms with van der Waals surface area (Å²) in [6.07, 6.45) is 4.90. The molecule has 0 spiro atoms. The molecule has 18 heavy (non-hydrogen) atoms. The lowest BCUT2D eigenvalue weighted by atomic mass is 10.2. The summed E-state index contributed by atoms with van der Waals surface area (Å²) in [6, 6.07) is 8.26. The van der Waals surface area contributed by atoms with Gasteiger partial charge in [0.1, 0.15) is 0 Å². The number of rotatable bonds is 3. The molecule has 1 aromatic carbocycles. The van der Waals surface area contributed by atoms with Crippen LogP contribution in [0.4, 0.5) is 0 Å². The van der Waals surface area contributed by atoms with Gasteiger partial charge in [0.15, 0.2) is 5.96 Å². The lowest BCUT2D eigenvalue weighted by Gasteiger charge is -2.19. The van der Waals surface area contributed by atoms with E-state index in [0.717, 1.165) is 17.1 Å². The highest BCUT2D eigenvalue weighted by molar-refractivity contribution is 6.30. The van der Waals surface area contributed by atoms with Crippen molar-refractivity contribution in [3.05, 3.63) is 34.9 Å². The number of halogens is 1. The van der Waals surface area contributed by atoms with Crippen molar-refractivity contribution < 1.29 is 0 Å². The van der Waals surface area contributed by atoms with E-state index in [2.05, 4.69) is 4.99 Å². The van der Waals surface area contributed by atoms with Gasteiger partial charge in [-0.15, -0.1) is 0 Å². The predicted molar refractivity (Wildman–Crippen MR) is 76.8 cm³/mol. The molecule has 0 bridgehead atoms. The molecule has 0 radical (unpaired) electrons. The summed E-state index contributed by atoms with van der Waals surface area (Å²) in [5, 5.41) is 0.757. The Labute approximate surface area is 114 Å². The first kappa shape index (κ1) is 13.2. The molecule has 1 aliphatic rings. The second-order valence-electron chi connectivity index (χ2n) is 4.91. The molecule has 0 heterocycles. The molecule has 0 amide bonds. The summed E-state index contributed by atoms with van der Waals surface area (Å²) in [7, 11) is 1.97. The molecule has 0 aromatic heterocycles. The average Bonchev–Trinajstić information content (AvgIpc) is 2.81. The number of guanidine groups is 1. The Kier molecular flexibility index (Phi) is 4.48. The zero-order valence-electron chi connectivity index (χ0n) is 10.8. The molecule has 0 saturated heterocycles. The average molecular weight is 266 g/mol. The summed E-state index contributed by atoms with van der Waals surface area (Å²) in [6.45, 7) is 0.739. The van der Waals surface area contributed by atoms with Crippen molar-refractivity contribution in [2.45, 2.75) is 38.3 Å². The summed E-state index contributed by atoms with van der Waals surface area (Å²) in [5.41, 5.74) is 7.17. The lowest BCUT2D eigenvalue weighted by molar-refractivity contribution is 0.486. The van der Waals surface area contributed by atoms with E-state index >= 15 is 0 Å². The van der Waals surface area contributed by atoms with Crippen LogP contribution in [0.15, 0.2) is 29.3 Å². The highest BCUT2D eigenvalue weighted by atomic mass is 35.5. The van der Waals surface area contributed by atoms with Gasteiger partial charge in [-0.3, -0.25) is 0 Å². The Bertz CT molecular complexity index is 425. The molecule has 1 saturated carbocycles. The van der Waals surface area contributed by atoms with E-state index in [0.29, 0.717) is 12.0 Å². The highest BCUT2D eigenvalue weighted by Gasteiger charge is 2.15. The third kappa shape index (κ3) is 3.64. The fourth-order valence-electron chi connectivity index (χ4n) is 2.31. The molecule has 2 rings (SSSR count). The van der Waals surface area contributed by atoms with E-state index in [4.69, 9.17) is 17.3 Å². The first-order valence-corrected chi connectivity index (χ1v) is 6.82. The molecule has 2 N–H and O–H groups in total. The Morgan fingerprint density at radius 1 is 1.44 bits per heavy atom. The van der Waals surface area contributed by atoms with Gasteiger partial charge in [0, 0.05) is 18.6 Å². The van der Waals surface area contributed by atoms with Crippen LogP contribution in [-0.4, -0.2) is 23.9 Å². The monoisotopic (exact) mass is 265 g/mol. The van der Waals surface area contributed by atoms with Crippen LogP contribution in [-0.2, 0) is 6.54 Å². The maximum Gasteiger partial charge on any atom is 0.191 e. The zero-order valence-corrected chi connectivity index (χ0v) is 11.5. The maximum atomic E-state index is 6.03. The molecule has 98 valence electrons. The van der Waals surface area contributed by atoms with Crippen LogP contribution in [0.1, 0.15) is 31.2 Å². The van der Waals surface area contributed by atoms with E-state index in [1.54, 1.807) is 0 Å². The standard InChI is InChI=1S/C14H20ClN3/c1-18(10-11-5-4-6-12(15)9-11)14(16)17-13-7-2-3-8-13/h4-6,9,13H,2-3,7-8,10H2,1H3,(H2,16,17). The van der Waals surface area contributed by atoms with E-state index < -0.39 is 0 Å². The van der Waals surface area contributed by atoms with Gasteiger partial charge in [-0.25, -0.2) is 4.99 Å². The third-order valence-electron chi connectivity index (χ3n) is 3.34. The van der Waals surface area contributed by atoms with Crippen LogP contribution in [0, 0.1) is 0 Å². The van der Waals surface area contributed by atoms with Crippen LogP contribution < -0.4 is 5.73 Å². The van der Waals surface area contributed by atoms with Gasteiger partial charge in [0.05, 0.1) is 6.04 Å². The number of nitrogens with two attached hydrogens (primary N) is 1. The van der Waals surface area contributed by atoms with Crippen LogP contribution in [0.2, 0.25) is 5.02 Å². The zero-order chi connectivity index (χ0) is 13.0. The first-order chi connectivity index (χ1) is 8.65. The van der Waals surface area contributed by atoms with Gasteiger partial charge in [-0.05, 0) is 30.5 Å². The molecule has 4 heteroatoms. The smallest absolute Gasteiger partial charge is 0.191 e. The summed E-state index contributed by atoms with van der Waals surface area (Å²) in [4.78, 5) is 6.56. The third-order valence-corrected chi connectivity index (χ3v) is 3.57. The van der Waals surface area contributed by atoms with Crippen molar-refractivity contribution in [2.24, 2.45) is 10.7 Å². The number of nitrogens with zero attached hydrogens (tertiary/aromatic N) is 2. The van der Waals surface area contributed by atoms with Crippen molar-refractivity contribution in [1.29, 1.82) is 0 Å². The number of hydrogen-bond acceptors (Lipinski definition) is 1. The van der Waals surface area contributed by atoms with Gasteiger partial charge >= 0.3 is 0 Å². The minimum Gasteiger partial charge on any atom is -0.370 e. The fraction of sp³-hybridized carbons (Fsp3) is 0.500. The topological polar surface area (TPSA) is 41.6 Å².